The fourth-order valence-corrected chi connectivity index (χ4v) is 2.85. The predicted molar refractivity (Wildman–Crippen MR) is 91.9 cm³/mol. The summed E-state index contributed by atoms with van der Waals surface area (Å²) in [6, 6.07) is 12.1. The van der Waals surface area contributed by atoms with Gasteiger partial charge in [0.2, 0.25) is 5.91 Å². The van der Waals surface area contributed by atoms with Crippen LogP contribution in [0.2, 0.25) is 5.02 Å². The molecule has 2 amide bonds. The molecule has 118 valence electrons. The number of nitrogens with zero attached hydrogens (tertiary/aromatic N) is 1. The molecule has 1 aliphatic heterocycles. The van der Waals surface area contributed by atoms with Gasteiger partial charge in [0.05, 0.1) is 12.1 Å². The molecule has 0 radical (unpaired) electrons. The number of nitrogens with one attached hydrogen (secondary N) is 1. The first-order valence-corrected chi connectivity index (χ1v) is 7.79. The van der Waals surface area contributed by atoms with Crippen molar-refractivity contribution in [3.63, 3.8) is 0 Å². The molecule has 0 spiro atoms. The first-order chi connectivity index (χ1) is 11.0. The van der Waals surface area contributed by atoms with Gasteiger partial charge in [-0.05, 0) is 55.3 Å². The second-order valence-electron chi connectivity index (χ2n) is 5.75. The van der Waals surface area contributed by atoms with E-state index in [4.69, 9.17) is 11.6 Å². The summed E-state index contributed by atoms with van der Waals surface area (Å²) in [5, 5.41) is 3.65. The highest BCUT2D eigenvalue weighted by Gasteiger charge is 2.39. The van der Waals surface area contributed by atoms with Crippen LogP contribution in [0.3, 0.4) is 0 Å². The van der Waals surface area contributed by atoms with Crippen molar-refractivity contribution in [1.29, 1.82) is 0 Å². The molecule has 0 aromatic heterocycles. The van der Waals surface area contributed by atoms with Crippen LogP contribution in [0.15, 0.2) is 42.5 Å². The molecule has 23 heavy (non-hydrogen) atoms. The Morgan fingerprint density at radius 3 is 2.57 bits per heavy atom. The molecule has 1 fully saturated rings. The number of amides is 2. The molecule has 3 rings (SSSR count). The zero-order valence-corrected chi connectivity index (χ0v) is 13.7. The van der Waals surface area contributed by atoms with Gasteiger partial charge >= 0.3 is 0 Å². The predicted octanol–water partition coefficient (Wildman–Crippen LogP) is 3.70. The SMILES string of the molecule is Cc1ccc(N[C@H]2CC(=O)N(c3cccc(Cl)c3)C2=O)cc1C. The van der Waals surface area contributed by atoms with E-state index < -0.39 is 6.04 Å². The maximum atomic E-state index is 12.6. The van der Waals surface area contributed by atoms with Crippen molar-refractivity contribution in [2.75, 3.05) is 10.2 Å². The van der Waals surface area contributed by atoms with Gasteiger partial charge in [-0.1, -0.05) is 23.7 Å². The van der Waals surface area contributed by atoms with E-state index in [-0.39, 0.29) is 18.2 Å². The molecule has 4 nitrogen and oxygen atoms in total. The van der Waals surface area contributed by atoms with Crippen LogP contribution < -0.4 is 10.2 Å². The minimum absolute atomic E-state index is 0.137. The van der Waals surface area contributed by atoms with Gasteiger partial charge in [0.25, 0.3) is 5.91 Å². The molecular formula is C18H17ClN2O2. The monoisotopic (exact) mass is 328 g/mol. The van der Waals surface area contributed by atoms with Gasteiger partial charge in [-0.15, -0.1) is 0 Å². The summed E-state index contributed by atoms with van der Waals surface area (Å²) < 4.78 is 0. The molecule has 0 unspecified atom stereocenters. The van der Waals surface area contributed by atoms with Gasteiger partial charge < -0.3 is 5.32 Å². The Balaban J connectivity index is 1.82. The second kappa shape index (κ2) is 6.05. The standard InChI is InChI=1S/C18H17ClN2O2/c1-11-6-7-14(8-12(11)2)20-16-10-17(22)21(18(16)23)15-5-3-4-13(19)9-15/h3-9,16,20H,10H2,1-2H3/t16-/m0/s1. The van der Waals surface area contributed by atoms with E-state index >= 15 is 0 Å². The number of aryl methyl sites for hydroxylation is 2. The smallest absolute Gasteiger partial charge is 0.256 e. The van der Waals surface area contributed by atoms with Crippen molar-refractivity contribution in [3.8, 4) is 0 Å². The number of anilines is 2. The first kappa shape index (κ1) is 15.6. The summed E-state index contributed by atoms with van der Waals surface area (Å²) >= 11 is 5.95. The van der Waals surface area contributed by atoms with Gasteiger partial charge in [0, 0.05) is 10.7 Å². The van der Waals surface area contributed by atoms with Crippen LogP contribution in [0.5, 0.6) is 0 Å². The number of hydrogen-bond donors (Lipinski definition) is 1. The highest BCUT2D eigenvalue weighted by Crippen LogP contribution is 2.27. The topological polar surface area (TPSA) is 49.4 Å². The molecule has 0 aliphatic carbocycles. The average Bonchev–Trinajstić information content (AvgIpc) is 2.77. The zero-order chi connectivity index (χ0) is 16.6. The molecule has 1 atom stereocenters. The third-order valence-electron chi connectivity index (χ3n) is 4.06. The largest absolute Gasteiger partial charge is 0.373 e. The molecule has 1 heterocycles. The van der Waals surface area contributed by atoms with E-state index in [9.17, 15) is 9.59 Å². The third-order valence-corrected chi connectivity index (χ3v) is 4.30. The summed E-state index contributed by atoms with van der Waals surface area (Å²) in [4.78, 5) is 26.0. The summed E-state index contributed by atoms with van der Waals surface area (Å²) in [7, 11) is 0. The van der Waals surface area contributed by atoms with Crippen molar-refractivity contribution in [2.45, 2.75) is 26.3 Å². The number of hydrogen-bond acceptors (Lipinski definition) is 3. The van der Waals surface area contributed by atoms with E-state index in [1.165, 1.54) is 10.5 Å². The van der Waals surface area contributed by atoms with Crippen molar-refractivity contribution >= 4 is 34.8 Å². The lowest BCUT2D eigenvalue weighted by Crippen LogP contribution is -2.34. The Morgan fingerprint density at radius 2 is 1.87 bits per heavy atom. The third kappa shape index (κ3) is 3.08. The number of carbonyl (C=O) groups is 2. The van der Waals surface area contributed by atoms with E-state index in [0.717, 1.165) is 11.3 Å². The van der Waals surface area contributed by atoms with Crippen LogP contribution in [-0.2, 0) is 9.59 Å². The fourth-order valence-electron chi connectivity index (χ4n) is 2.66. The lowest BCUT2D eigenvalue weighted by Gasteiger charge is -2.16. The molecule has 2 aromatic carbocycles. The van der Waals surface area contributed by atoms with Gasteiger partial charge in [-0.2, -0.15) is 0 Å². The summed E-state index contributed by atoms with van der Waals surface area (Å²) in [6.07, 6.45) is 0.137. The minimum atomic E-state index is -0.552. The second-order valence-corrected chi connectivity index (χ2v) is 6.18. The van der Waals surface area contributed by atoms with E-state index in [1.54, 1.807) is 24.3 Å². The molecule has 2 aromatic rings. The van der Waals surface area contributed by atoms with Crippen molar-refractivity contribution in [3.05, 3.63) is 58.6 Å². The van der Waals surface area contributed by atoms with Crippen LogP contribution in [0.25, 0.3) is 0 Å². The Morgan fingerprint density at radius 1 is 1.09 bits per heavy atom. The van der Waals surface area contributed by atoms with Crippen molar-refractivity contribution in [2.24, 2.45) is 0 Å². The molecule has 1 N–H and O–H groups in total. The Bertz CT molecular complexity index is 788. The number of halogens is 1. The van der Waals surface area contributed by atoms with Gasteiger partial charge in [0.1, 0.15) is 6.04 Å². The molecule has 1 aliphatic rings. The Labute approximate surface area is 140 Å². The number of imide groups is 1. The van der Waals surface area contributed by atoms with Gasteiger partial charge in [-0.3, -0.25) is 9.59 Å². The van der Waals surface area contributed by atoms with Crippen molar-refractivity contribution < 1.29 is 9.59 Å². The lowest BCUT2D eigenvalue weighted by atomic mass is 10.1. The molecule has 0 bridgehead atoms. The zero-order valence-electron chi connectivity index (χ0n) is 13.0. The number of benzene rings is 2. The maximum absolute atomic E-state index is 12.6. The first-order valence-electron chi connectivity index (χ1n) is 7.42. The molecular weight excluding hydrogens is 312 g/mol. The van der Waals surface area contributed by atoms with Gasteiger partial charge in [0.15, 0.2) is 0 Å². The van der Waals surface area contributed by atoms with E-state index in [1.807, 2.05) is 32.0 Å². The minimum Gasteiger partial charge on any atom is -0.373 e. The number of carbonyl (C=O) groups excluding carboxylic acids is 2. The van der Waals surface area contributed by atoms with Crippen LogP contribution in [0.4, 0.5) is 11.4 Å². The molecule has 0 saturated carbocycles. The van der Waals surface area contributed by atoms with Crippen LogP contribution in [-0.4, -0.2) is 17.9 Å². The summed E-state index contributed by atoms with van der Waals surface area (Å²) in [6.45, 7) is 4.05. The van der Waals surface area contributed by atoms with E-state index in [0.29, 0.717) is 10.7 Å². The maximum Gasteiger partial charge on any atom is 0.256 e. The Kier molecular flexibility index (Phi) is 4.09. The normalized spacial score (nSPS) is 17.7. The van der Waals surface area contributed by atoms with E-state index in [2.05, 4.69) is 5.32 Å². The van der Waals surface area contributed by atoms with Crippen LogP contribution >= 0.6 is 11.6 Å². The Hall–Kier alpha value is -2.33. The van der Waals surface area contributed by atoms with Crippen LogP contribution in [0.1, 0.15) is 17.5 Å². The molecule has 5 heteroatoms. The highest BCUT2D eigenvalue weighted by molar-refractivity contribution is 6.31. The lowest BCUT2D eigenvalue weighted by molar-refractivity contribution is -0.121. The summed E-state index contributed by atoms with van der Waals surface area (Å²) in [5.41, 5.74) is 3.67. The quantitative estimate of drug-likeness (QED) is 0.874. The van der Waals surface area contributed by atoms with Crippen LogP contribution in [0, 0.1) is 13.8 Å². The van der Waals surface area contributed by atoms with Gasteiger partial charge in [-0.25, -0.2) is 4.90 Å². The fraction of sp³-hybridized carbons (Fsp3) is 0.222. The van der Waals surface area contributed by atoms with Crippen molar-refractivity contribution in [1.82, 2.24) is 0 Å². The highest BCUT2D eigenvalue weighted by atomic mass is 35.5. The summed E-state index contributed by atoms with van der Waals surface area (Å²) in [5.74, 6) is -0.478. The number of rotatable bonds is 3. The molecule has 1 saturated heterocycles. The average molecular weight is 329 g/mol.